The summed E-state index contributed by atoms with van der Waals surface area (Å²) in [6.45, 7) is 1.51. The number of ether oxygens (including phenoxy) is 1. The van der Waals surface area contributed by atoms with Gasteiger partial charge in [-0.2, -0.15) is 16.9 Å². The van der Waals surface area contributed by atoms with Crippen LogP contribution in [-0.4, -0.2) is 71.3 Å². The van der Waals surface area contributed by atoms with E-state index in [1.165, 1.54) is 11.8 Å². The van der Waals surface area contributed by atoms with Gasteiger partial charge >= 0.3 is 0 Å². The number of thioether (sulfide) groups is 1. The van der Waals surface area contributed by atoms with E-state index >= 15 is 0 Å². The molecule has 0 bridgehead atoms. The highest BCUT2D eigenvalue weighted by molar-refractivity contribution is 7.99. The first kappa shape index (κ1) is 18.8. The highest BCUT2D eigenvalue weighted by Gasteiger charge is 2.44. The Balaban J connectivity index is 1.43. The Morgan fingerprint density at radius 1 is 1.30 bits per heavy atom. The molecule has 148 valence electrons. The minimum atomic E-state index is 0.0155. The number of aryl methyl sites for hydroxylation is 1. The number of carbonyl (C=O) groups is 2. The van der Waals surface area contributed by atoms with Gasteiger partial charge in [0.2, 0.25) is 5.91 Å². The predicted octanol–water partition coefficient (Wildman–Crippen LogP) is 1.24. The van der Waals surface area contributed by atoms with Crippen molar-refractivity contribution in [3.8, 4) is 0 Å². The lowest BCUT2D eigenvalue weighted by Gasteiger charge is -2.37. The number of methoxy groups -OCH3 is 1. The van der Waals surface area contributed by atoms with E-state index in [1.54, 1.807) is 7.11 Å². The number of hydrogen-bond donors (Lipinski definition) is 2. The number of H-pyrrole nitrogens is 1. The molecular formula is C19H28N4O3S. The molecule has 4 rings (SSSR count). The van der Waals surface area contributed by atoms with Crippen LogP contribution in [0.15, 0.2) is 0 Å². The van der Waals surface area contributed by atoms with Gasteiger partial charge in [-0.25, -0.2) is 0 Å². The van der Waals surface area contributed by atoms with Gasteiger partial charge in [-0.3, -0.25) is 14.7 Å². The van der Waals surface area contributed by atoms with E-state index in [9.17, 15) is 9.59 Å². The van der Waals surface area contributed by atoms with Crippen LogP contribution in [0.3, 0.4) is 0 Å². The van der Waals surface area contributed by atoms with E-state index in [0.717, 1.165) is 56.5 Å². The molecule has 0 unspecified atom stereocenters. The van der Waals surface area contributed by atoms with Crippen molar-refractivity contribution in [2.24, 2.45) is 11.8 Å². The molecule has 0 aromatic carbocycles. The molecule has 1 saturated heterocycles. The molecule has 0 spiro atoms. The third-order valence-corrected chi connectivity index (χ3v) is 6.89. The first-order valence-electron chi connectivity index (χ1n) is 9.77. The van der Waals surface area contributed by atoms with Crippen LogP contribution in [0.5, 0.6) is 0 Å². The summed E-state index contributed by atoms with van der Waals surface area (Å²) in [5.74, 6) is 1.42. The lowest BCUT2D eigenvalue weighted by Crippen LogP contribution is -2.50. The van der Waals surface area contributed by atoms with Crippen LogP contribution in [0.2, 0.25) is 0 Å². The topological polar surface area (TPSA) is 87.3 Å². The van der Waals surface area contributed by atoms with E-state index in [2.05, 4.69) is 15.5 Å². The van der Waals surface area contributed by atoms with Gasteiger partial charge in [0.25, 0.3) is 5.91 Å². The summed E-state index contributed by atoms with van der Waals surface area (Å²) in [6.07, 6.45) is 6.73. The molecule has 1 saturated carbocycles. The minimum Gasteiger partial charge on any atom is -0.379 e. The summed E-state index contributed by atoms with van der Waals surface area (Å²) < 4.78 is 5.68. The van der Waals surface area contributed by atoms with E-state index in [4.69, 9.17) is 4.74 Å². The zero-order valence-electron chi connectivity index (χ0n) is 16.0. The minimum absolute atomic E-state index is 0.0155. The second-order valence-corrected chi connectivity index (χ2v) is 8.83. The van der Waals surface area contributed by atoms with Crippen molar-refractivity contribution in [3.05, 3.63) is 17.0 Å². The molecule has 1 aliphatic heterocycles. The highest BCUT2D eigenvalue weighted by atomic mass is 32.2. The van der Waals surface area contributed by atoms with Crippen LogP contribution in [0.25, 0.3) is 0 Å². The highest BCUT2D eigenvalue weighted by Crippen LogP contribution is 2.38. The molecule has 2 aliphatic carbocycles. The van der Waals surface area contributed by atoms with E-state index < -0.39 is 0 Å². The number of hydrogen-bond acceptors (Lipinski definition) is 5. The molecule has 2 amide bonds. The van der Waals surface area contributed by atoms with Gasteiger partial charge in [0.15, 0.2) is 5.69 Å². The van der Waals surface area contributed by atoms with Crippen LogP contribution in [-0.2, 0) is 22.4 Å². The molecule has 2 fully saturated rings. The first-order chi connectivity index (χ1) is 13.1. The average Bonchev–Trinajstić information content (AvgIpc) is 3.35. The summed E-state index contributed by atoms with van der Waals surface area (Å²) in [5.41, 5.74) is 2.87. The Morgan fingerprint density at radius 2 is 2.07 bits per heavy atom. The lowest BCUT2D eigenvalue weighted by atomic mass is 9.77. The van der Waals surface area contributed by atoms with Crippen molar-refractivity contribution in [1.82, 2.24) is 20.4 Å². The van der Waals surface area contributed by atoms with Crippen molar-refractivity contribution in [2.75, 3.05) is 32.2 Å². The van der Waals surface area contributed by atoms with Gasteiger partial charge in [-0.15, -0.1) is 0 Å². The lowest BCUT2D eigenvalue weighted by molar-refractivity contribution is -0.121. The second-order valence-electron chi connectivity index (χ2n) is 7.97. The molecule has 4 atom stereocenters. The predicted molar refractivity (Wildman–Crippen MR) is 104 cm³/mol. The molecule has 1 aromatic heterocycles. The Labute approximate surface area is 164 Å². The number of amides is 2. The van der Waals surface area contributed by atoms with Crippen LogP contribution < -0.4 is 5.32 Å². The fourth-order valence-corrected chi connectivity index (χ4v) is 5.36. The standard InChI is InChI=1S/C19H28N4O3S/c1-26-16-7-12-9-23(8-11(12)6-15(16)20-17(24)10-27-2)19(25)18-13-4-3-5-14(13)21-22-18/h11-12,15-16H,3-10H2,1-2H3,(H,20,24)(H,21,22)/t11-,12+,15-,16-/m0/s1. The van der Waals surface area contributed by atoms with Crippen LogP contribution in [0.1, 0.15) is 41.0 Å². The van der Waals surface area contributed by atoms with Gasteiger partial charge in [0, 0.05) is 31.5 Å². The third kappa shape index (κ3) is 3.61. The third-order valence-electron chi connectivity index (χ3n) is 6.34. The Kier molecular flexibility index (Phi) is 5.45. The second kappa shape index (κ2) is 7.83. The van der Waals surface area contributed by atoms with Gasteiger partial charge in [0.1, 0.15) is 0 Å². The summed E-state index contributed by atoms with van der Waals surface area (Å²) in [7, 11) is 1.71. The van der Waals surface area contributed by atoms with E-state index in [-0.39, 0.29) is 24.0 Å². The molecule has 2 heterocycles. The fraction of sp³-hybridized carbons (Fsp3) is 0.737. The molecule has 27 heavy (non-hydrogen) atoms. The van der Waals surface area contributed by atoms with E-state index in [1.807, 2.05) is 11.2 Å². The maximum atomic E-state index is 13.0. The maximum absolute atomic E-state index is 13.0. The normalized spacial score (nSPS) is 29.5. The molecule has 7 nitrogen and oxygen atoms in total. The van der Waals surface area contributed by atoms with Gasteiger partial charge in [0.05, 0.1) is 17.9 Å². The quantitative estimate of drug-likeness (QED) is 0.787. The Bertz CT molecular complexity index is 722. The monoisotopic (exact) mass is 392 g/mol. The number of rotatable bonds is 5. The largest absolute Gasteiger partial charge is 0.379 e. The first-order valence-corrected chi connectivity index (χ1v) is 11.2. The van der Waals surface area contributed by atoms with Crippen molar-refractivity contribution >= 4 is 23.6 Å². The number of nitrogens with zero attached hydrogens (tertiary/aromatic N) is 2. The molecule has 8 heteroatoms. The van der Waals surface area contributed by atoms with Gasteiger partial charge in [-0.05, 0) is 50.2 Å². The molecule has 0 radical (unpaired) electrons. The molecule has 1 aromatic rings. The Morgan fingerprint density at radius 3 is 2.81 bits per heavy atom. The summed E-state index contributed by atoms with van der Waals surface area (Å²) >= 11 is 1.52. The van der Waals surface area contributed by atoms with Gasteiger partial charge in [-0.1, -0.05) is 0 Å². The van der Waals surface area contributed by atoms with Crippen molar-refractivity contribution in [1.29, 1.82) is 0 Å². The maximum Gasteiger partial charge on any atom is 0.274 e. The Hall–Kier alpha value is -1.54. The van der Waals surface area contributed by atoms with Crippen LogP contribution >= 0.6 is 11.8 Å². The molecular weight excluding hydrogens is 364 g/mol. The van der Waals surface area contributed by atoms with Crippen LogP contribution in [0.4, 0.5) is 0 Å². The smallest absolute Gasteiger partial charge is 0.274 e. The number of carbonyl (C=O) groups excluding carboxylic acids is 2. The van der Waals surface area contributed by atoms with Crippen molar-refractivity contribution in [2.45, 2.75) is 44.2 Å². The van der Waals surface area contributed by atoms with Gasteiger partial charge < -0.3 is 15.0 Å². The summed E-state index contributed by atoms with van der Waals surface area (Å²) in [5, 5.41) is 10.5. The number of aromatic amines is 1. The van der Waals surface area contributed by atoms with Crippen molar-refractivity contribution < 1.29 is 14.3 Å². The summed E-state index contributed by atoms with van der Waals surface area (Å²) in [4.78, 5) is 27.0. The average molecular weight is 393 g/mol. The number of aromatic nitrogens is 2. The number of fused-ring (bicyclic) bond motifs is 2. The SMILES string of the molecule is CO[C@H]1C[C@@H]2CN(C(=O)c3n[nH]c4c3CCC4)C[C@@H]2C[C@@H]1NC(=O)CSC. The zero-order chi connectivity index (χ0) is 19.0. The van der Waals surface area contributed by atoms with Crippen LogP contribution in [0, 0.1) is 11.8 Å². The summed E-state index contributed by atoms with van der Waals surface area (Å²) in [6, 6.07) is 0.0283. The van der Waals surface area contributed by atoms with E-state index in [0.29, 0.717) is 23.3 Å². The number of nitrogens with one attached hydrogen (secondary N) is 2. The molecule has 2 N–H and O–H groups in total. The molecule has 3 aliphatic rings. The number of likely N-dealkylation sites (tertiary alicyclic amines) is 1. The fourth-order valence-electron chi connectivity index (χ4n) is 5.02. The van der Waals surface area contributed by atoms with Crippen molar-refractivity contribution in [3.63, 3.8) is 0 Å². The zero-order valence-corrected chi connectivity index (χ0v) is 16.8.